The van der Waals surface area contributed by atoms with Gasteiger partial charge in [0.05, 0.1) is 0 Å². The average Bonchev–Trinajstić information content (AvgIpc) is 1.66. The van der Waals surface area contributed by atoms with Gasteiger partial charge in [0.15, 0.2) is 0 Å². The van der Waals surface area contributed by atoms with E-state index in [1.165, 1.54) is 13.0 Å². The van der Waals surface area contributed by atoms with E-state index in [1.54, 1.807) is 0 Å². The molecule has 0 saturated carbocycles. The lowest BCUT2D eigenvalue weighted by atomic mass is 10.3. The van der Waals surface area contributed by atoms with E-state index in [9.17, 15) is 0 Å². The first kappa shape index (κ1) is 7.70. The van der Waals surface area contributed by atoms with Crippen LogP contribution in [0.2, 0.25) is 0 Å². The zero-order valence-corrected chi connectivity index (χ0v) is 5.85. The lowest BCUT2D eigenvalue weighted by Crippen LogP contribution is -2.12. The molecule has 0 aliphatic heterocycles. The largest absolute Gasteiger partial charge is 0.309 e. The van der Waals surface area contributed by atoms with Gasteiger partial charge in [-0.05, 0) is 33.5 Å². The molecule has 0 aromatic carbocycles. The molecule has 0 radical (unpaired) electrons. The van der Waals surface area contributed by atoms with Crippen molar-refractivity contribution in [2.45, 2.75) is 12.8 Å². The third-order valence-electron chi connectivity index (χ3n) is 1.01. The molecule has 0 bridgehead atoms. The maximum Gasteiger partial charge on any atom is -0.00219 e. The minimum Gasteiger partial charge on any atom is -0.309 e. The average molecular weight is 113 g/mol. The number of nitrogens with zero attached hydrogens (tertiary/aromatic N) is 1. The van der Waals surface area contributed by atoms with E-state index in [0.29, 0.717) is 0 Å². The Bertz CT molecular complexity index is 57.4. The highest BCUT2D eigenvalue weighted by Gasteiger charge is 1.85. The summed E-state index contributed by atoms with van der Waals surface area (Å²) in [6.45, 7) is 4.81. The number of unbranched alkanes of at least 4 members (excludes halogenated alkanes) is 1. The standard InChI is InChI=1S/C7H15N/c1-4-5-6-7-8(2)3/h4H,1,5-7H2,2-3H3. The van der Waals surface area contributed by atoms with E-state index in [-0.39, 0.29) is 0 Å². The van der Waals surface area contributed by atoms with Crippen LogP contribution in [0.25, 0.3) is 0 Å². The minimum atomic E-state index is 1.14. The Kier molecular flexibility index (Phi) is 4.67. The second-order valence-corrected chi connectivity index (χ2v) is 2.23. The molecule has 0 unspecified atom stereocenters. The van der Waals surface area contributed by atoms with Crippen LogP contribution in [0.3, 0.4) is 0 Å². The summed E-state index contributed by atoms with van der Waals surface area (Å²) in [6.07, 6.45) is 4.33. The van der Waals surface area contributed by atoms with Gasteiger partial charge in [-0.25, -0.2) is 0 Å². The summed E-state index contributed by atoms with van der Waals surface area (Å²) in [4.78, 5) is 2.18. The molecular weight excluding hydrogens is 98.1 g/mol. The molecule has 0 atom stereocenters. The minimum absolute atomic E-state index is 1.14. The molecule has 0 N–H and O–H groups in total. The third-order valence-corrected chi connectivity index (χ3v) is 1.01. The van der Waals surface area contributed by atoms with Crippen molar-refractivity contribution in [1.29, 1.82) is 0 Å². The predicted octanol–water partition coefficient (Wildman–Crippen LogP) is 1.51. The van der Waals surface area contributed by atoms with Gasteiger partial charge >= 0.3 is 0 Å². The number of hydrogen-bond donors (Lipinski definition) is 0. The highest BCUT2D eigenvalue weighted by atomic mass is 15.0. The summed E-state index contributed by atoms with van der Waals surface area (Å²) in [5, 5.41) is 0. The monoisotopic (exact) mass is 113 g/mol. The van der Waals surface area contributed by atoms with Gasteiger partial charge in [-0.1, -0.05) is 6.08 Å². The zero-order chi connectivity index (χ0) is 6.41. The van der Waals surface area contributed by atoms with Crippen LogP contribution in [0.4, 0.5) is 0 Å². The SMILES string of the molecule is C=CCCCN(C)C. The van der Waals surface area contributed by atoms with Crippen molar-refractivity contribution < 1.29 is 0 Å². The van der Waals surface area contributed by atoms with Crippen LogP contribution >= 0.6 is 0 Å². The van der Waals surface area contributed by atoms with Gasteiger partial charge in [-0.2, -0.15) is 0 Å². The van der Waals surface area contributed by atoms with Crippen LogP contribution in [-0.2, 0) is 0 Å². The van der Waals surface area contributed by atoms with E-state index < -0.39 is 0 Å². The van der Waals surface area contributed by atoms with Crippen molar-refractivity contribution in [3.05, 3.63) is 12.7 Å². The highest BCUT2D eigenvalue weighted by Crippen LogP contribution is 1.89. The van der Waals surface area contributed by atoms with E-state index in [4.69, 9.17) is 0 Å². The van der Waals surface area contributed by atoms with Crippen LogP contribution < -0.4 is 0 Å². The number of hydrogen-bond acceptors (Lipinski definition) is 1. The normalized spacial score (nSPS) is 9.88. The molecule has 0 rings (SSSR count). The van der Waals surface area contributed by atoms with Gasteiger partial charge in [-0.15, -0.1) is 6.58 Å². The fourth-order valence-electron chi connectivity index (χ4n) is 0.552. The van der Waals surface area contributed by atoms with E-state index >= 15 is 0 Å². The van der Waals surface area contributed by atoms with Crippen molar-refractivity contribution in [3.8, 4) is 0 Å². The lowest BCUT2D eigenvalue weighted by Gasteiger charge is -2.06. The number of rotatable bonds is 4. The van der Waals surface area contributed by atoms with Crippen LogP contribution in [0.15, 0.2) is 12.7 Å². The summed E-state index contributed by atoms with van der Waals surface area (Å²) in [6, 6.07) is 0. The summed E-state index contributed by atoms with van der Waals surface area (Å²) in [5.74, 6) is 0. The van der Waals surface area contributed by atoms with Gasteiger partial charge in [0.25, 0.3) is 0 Å². The van der Waals surface area contributed by atoms with Crippen LogP contribution in [0.5, 0.6) is 0 Å². The Morgan fingerprint density at radius 3 is 2.50 bits per heavy atom. The van der Waals surface area contributed by atoms with Crippen LogP contribution in [0.1, 0.15) is 12.8 Å². The summed E-state index contributed by atoms with van der Waals surface area (Å²) in [5.41, 5.74) is 0. The second-order valence-electron chi connectivity index (χ2n) is 2.23. The van der Waals surface area contributed by atoms with Crippen molar-refractivity contribution >= 4 is 0 Å². The fourth-order valence-corrected chi connectivity index (χ4v) is 0.552. The molecule has 0 aliphatic rings. The molecule has 0 saturated heterocycles. The molecular formula is C7H15N. The Morgan fingerprint density at radius 2 is 2.12 bits per heavy atom. The zero-order valence-electron chi connectivity index (χ0n) is 5.85. The fraction of sp³-hybridized carbons (Fsp3) is 0.714. The number of allylic oxidation sites excluding steroid dienone is 1. The molecule has 1 nitrogen and oxygen atoms in total. The predicted molar refractivity (Wildman–Crippen MR) is 38.0 cm³/mol. The Morgan fingerprint density at radius 1 is 1.50 bits per heavy atom. The van der Waals surface area contributed by atoms with E-state index in [1.807, 2.05) is 6.08 Å². The molecule has 0 aromatic heterocycles. The van der Waals surface area contributed by atoms with Crippen LogP contribution in [0, 0.1) is 0 Å². The van der Waals surface area contributed by atoms with Gasteiger partial charge < -0.3 is 4.90 Å². The molecule has 0 spiro atoms. The van der Waals surface area contributed by atoms with Gasteiger partial charge in [0.1, 0.15) is 0 Å². The molecule has 0 aromatic rings. The molecule has 0 fully saturated rings. The molecule has 1 heteroatoms. The smallest absolute Gasteiger partial charge is 0.00219 e. The molecule has 0 aliphatic carbocycles. The van der Waals surface area contributed by atoms with Crippen molar-refractivity contribution in [2.24, 2.45) is 0 Å². The molecule has 0 amide bonds. The maximum absolute atomic E-state index is 3.64. The van der Waals surface area contributed by atoms with Gasteiger partial charge in [-0.3, -0.25) is 0 Å². The summed E-state index contributed by atoms with van der Waals surface area (Å²) in [7, 11) is 4.17. The molecule has 0 heterocycles. The first-order valence-electron chi connectivity index (χ1n) is 3.03. The van der Waals surface area contributed by atoms with Gasteiger partial charge in [0.2, 0.25) is 0 Å². The van der Waals surface area contributed by atoms with Crippen molar-refractivity contribution in [1.82, 2.24) is 4.90 Å². The second kappa shape index (κ2) is 4.85. The van der Waals surface area contributed by atoms with Crippen molar-refractivity contribution in [3.63, 3.8) is 0 Å². The topological polar surface area (TPSA) is 3.24 Å². The quantitative estimate of drug-likeness (QED) is 0.394. The summed E-state index contributed by atoms with van der Waals surface area (Å²) >= 11 is 0. The Hall–Kier alpha value is -0.300. The van der Waals surface area contributed by atoms with Crippen molar-refractivity contribution in [2.75, 3.05) is 20.6 Å². The Balaban J connectivity index is 2.81. The molecule has 8 heavy (non-hydrogen) atoms. The molecule has 48 valence electrons. The lowest BCUT2D eigenvalue weighted by molar-refractivity contribution is 0.402. The maximum atomic E-state index is 3.64. The third kappa shape index (κ3) is 5.70. The first-order chi connectivity index (χ1) is 3.77. The summed E-state index contributed by atoms with van der Waals surface area (Å²) < 4.78 is 0. The highest BCUT2D eigenvalue weighted by molar-refractivity contribution is 4.65. The van der Waals surface area contributed by atoms with E-state index in [2.05, 4.69) is 25.6 Å². The van der Waals surface area contributed by atoms with Gasteiger partial charge in [0, 0.05) is 0 Å². The van der Waals surface area contributed by atoms with E-state index in [0.717, 1.165) is 6.42 Å². The van der Waals surface area contributed by atoms with Crippen LogP contribution in [-0.4, -0.2) is 25.5 Å². The Labute approximate surface area is 52.0 Å². The first-order valence-corrected chi connectivity index (χ1v) is 3.03.